The largest absolute Gasteiger partial charge is 0.458 e. The van der Waals surface area contributed by atoms with E-state index >= 15 is 0 Å². The van der Waals surface area contributed by atoms with Gasteiger partial charge in [-0.3, -0.25) is 9.59 Å². The lowest BCUT2D eigenvalue weighted by Gasteiger charge is -2.19. The quantitative estimate of drug-likeness (QED) is 0.639. The zero-order valence-electron chi connectivity index (χ0n) is 15.7. The zero-order valence-corrected chi connectivity index (χ0v) is 16.5. The third-order valence-corrected chi connectivity index (χ3v) is 4.46. The fourth-order valence-electron chi connectivity index (χ4n) is 2.69. The lowest BCUT2D eigenvalue weighted by atomic mass is 10.1. The molecule has 0 saturated heterocycles. The molecule has 1 aromatic heterocycles. The average Bonchev–Trinajstić information content (AvgIpc) is 3.16. The lowest BCUT2D eigenvalue weighted by molar-refractivity contribution is 0.0783. The first-order valence-electron chi connectivity index (χ1n) is 8.61. The SMILES string of the molecule is Cc1cc(Oc2cc(Cl)ccc2CN(C)C(=O)c2coc(C(N)=O)c2)ccc1F. The van der Waals surface area contributed by atoms with Gasteiger partial charge in [0.1, 0.15) is 23.6 Å². The van der Waals surface area contributed by atoms with E-state index in [9.17, 15) is 14.0 Å². The molecular formula is C21H18ClFN2O4. The summed E-state index contributed by atoms with van der Waals surface area (Å²) in [7, 11) is 1.60. The maximum atomic E-state index is 13.5. The van der Waals surface area contributed by atoms with Gasteiger partial charge in [0.05, 0.1) is 5.56 Å². The van der Waals surface area contributed by atoms with E-state index in [2.05, 4.69) is 0 Å². The van der Waals surface area contributed by atoms with Crippen molar-refractivity contribution in [2.75, 3.05) is 7.05 Å². The van der Waals surface area contributed by atoms with Crippen molar-refractivity contribution in [1.82, 2.24) is 4.90 Å². The molecule has 0 radical (unpaired) electrons. The number of hydrogen-bond donors (Lipinski definition) is 1. The van der Waals surface area contributed by atoms with E-state index in [0.717, 1.165) is 0 Å². The molecule has 0 atom stereocenters. The summed E-state index contributed by atoms with van der Waals surface area (Å²) in [6.45, 7) is 1.83. The first-order chi connectivity index (χ1) is 13.7. The molecule has 0 bridgehead atoms. The van der Waals surface area contributed by atoms with Gasteiger partial charge < -0.3 is 19.8 Å². The molecule has 3 rings (SSSR count). The van der Waals surface area contributed by atoms with Crippen molar-refractivity contribution in [1.29, 1.82) is 0 Å². The third-order valence-electron chi connectivity index (χ3n) is 4.23. The summed E-state index contributed by atoms with van der Waals surface area (Å²) in [5, 5.41) is 0.456. The Kier molecular flexibility index (Phi) is 5.89. The molecule has 0 aliphatic carbocycles. The van der Waals surface area contributed by atoms with Crippen molar-refractivity contribution >= 4 is 23.4 Å². The minimum atomic E-state index is -0.755. The highest BCUT2D eigenvalue weighted by Crippen LogP contribution is 2.30. The molecular weight excluding hydrogens is 399 g/mol. The maximum absolute atomic E-state index is 13.5. The summed E-state index contributed by atoms with van der Waals surface area (Å²) in [5.41, 5.74) is 6.48. The fraction of sp³-hybridized carbons (Fsp3) is 0.143. The van der Waals surface area contributed by atoms with Gasteiger partial charge in [0.2, 0.25) is 0 Å². The van der Waals surface area contributed by atoms with Crippen LogP contribution in [0.1, 0.15) is 32.0 Å². The van der Waals surface area contributed by atoms with Crippen LogP contribution >= 0.6 is 11.6 Å². The first kappa shape index (κ1) is 20.4. The van der Waals surface area contributed by atoms with Gasteiger partial charge in [0.15, 0.2) is 5.76 Å². The van der Waals surface area contributed by atoms with Gasteiger partial charge in [0, 0.05) is 30.2 Å². The van der Waals surface area contributed by atoms with Crippen LogP contribution in [-0.4, -0.2) is 23.8 Å². The fourth-order valence-corrected chi connectivity index (χ4v) is 2.85. The molecule has 6 nitrogen and oxygen atoms in total. The van der Waals surface area contributed by atoms with Gasteiger partial charge in [-0.25, -0.2) is 4.39 Å². The van der Waals surface area contributed by atoms with Crippen LogP contribution < -0.4 is 10.5 Å². The summed E-state index contributed by atoms with van der Waals surface area (Å²) in [5.74, 6) is -0.654. The molecule has 0 unspecified atom stereocenters. The number of primary amides is 1. The number of carbonyl (C=O) groups is 2. The van der Waals surface area contributed by atoms with E-state index in [1.807, 2.05) is 0 Å². The molecule has 2 aromatic carbocycles. The second-order valence-electron chi connectivity index (χ2n) is 6.49. The number of ether oxygens (including phenoxy) is 1. The van der Waals surface area contributed by atoms with Gasteiger partial charge in [-0.05, 0) is 42.8 Å². The van der Waals surface area contributed by atoms with E-state index in [0.29, 0.717) is 27.6 Å². The van der Waals surface area contributed by atoms with Gasteiger partial charge in [-0.1, -0.05) is 17.7 Å². The Balaban J connectivity index is 1.81. The van der Waals surface area contributed by atoms with Gasteiger partial charge in [-0.15, -0.1) is 0 Å². The Morgan fingerprint density at radius 2 is 1.97 bits per heavy atom. The molecule has 0 spiro atoms. The number of rotatable bonds is 6. The van der Waals surface area contributed by atoms with Crippen molar-refractivity contribution < 1.29 is 23.1 Å². The van der Waals surface area contributed by atoms with Gasteiger partial charge in [-0.2, -0.15) is 0 Å². The van der Waals surface area contributed by atoms with Crippen molar-refractivity contribution in [2.45, 2.75) is 13.5 Å². The molecule has 1 heterocycles. The average molecular weight is 417 g/mol. The Morgan fingerprint density at radius 3 is 2.62 bits per heavy atom. The predicted octanol–water partition coefficient (Wildman–Crippen LogP) is 4.54. The Labute approximate surface area is 171 Å². The van der Waals surface area contributed by atoms with E-state index in [-0.39, 0.29) is 29.6 Å². The number of nitrogens with zero attached hydrogens (tertiary/aromatic N) is 1. The molecule has 8 heteroatoms. The van der Waals surface area contributed by atoms with Crippen molar-refractivity contribution in [3.8, 4) is 11.5 Å². The third kappa shape index (κ3) is 4.75. The highest BCUT2D eigenvalue weighted by atomic mass is 35.5. The van der Waals surface area contributed by atoms with Crippen LogP contribution in [-0.2, 0) is 6.54 Å². The number of hydrogen-bond acceptors (Lipinski definition) is 4. The Morgan fingerprint density at radius 1 is 1.21 bits per heavy atom. The number of aryl methyl sites for hydroxylation is 1. The van der Waals surface area contributed by atoms with Crippen LogP contribution in [0, 0.1) is 12.7 Å². The van der Waals surface area contributed by atoms with Gasteiger partial charge in [0.25, 0.3) is 11.8 Å². The van der Waals surface area contributed by atoms with E-state index in [1.165, 1.54) is 29.4 Å². The van der Waals surface area contributed by atoms with Gasteiger partial charge >= 0.3 is 0 Å². The summed E-state index contributed by atoms with van der Waals surface area (Å²) >= 11 is 6.09. The van der Waals surface area contributed by atoms with Crippen LogP contribution in [0.3, 0.4) is 0 Å². The molecule has 2 amide bonds. The van der Waals surface area contributed by atoms with Crippen molar-refractivity contribution in [3.63, 3.8) is 0 Å². The molecule has 3 aromatic rings. The second-order valence-corrected chi connectivity index (χ2v) is 6.93. The molecule has 0 aliphatic heterocycles. The van der Waals surface area contributed by atoms with Crippen LogP contribution in [0.15, 0.2) is 53.1 Å². The highest BCUT2D eigenvalue weighted by Gasteiger charge is 2.19. The predicted molar refractivity (Wildman–Crippen MR) is 106 cm³/mol. The topological polar surface area (TPSA) is 85.8 Å². The van der Waals surface area contributed by atoms with Crippen LogP contribution in [0.25, 0.3) is 0 Å². The number of nitrogens with two attached hydrogens (primary N) is 1. The van der Waals surface area contributed by atoms with E-state index in [1.54, 1.807) is 38.2 Å². The standard InChI is InChI=1S/C21H18ClFN2O4/c1-12-7-16(5-6-17(12)23)29-18-9-15(22)4-3-13(18)10-25(2)21(27)14-8-19(20(24)26)28-11-14/h3-9,11H,10H2,1-2H3,(H2,24,26). The monoisotopic (exact) mass is 416 g/mol. The van der Waals surface area contributed by atoms with Crippen LogP contribution in [0.4, 0.5) is 4.39 Å². The van der Waals surface area contributed by atoms with E-state index in [4.69, 9.17) is 26.5 Å². The summed E-state index contributed by atoms with van der Waals surface area (Å²) in [6, 6.07) is 10.7. The lowest BCUT2D eigenvalue weighted by Crippen LogP contribution is -2.26. The van der Waals surface area contributed by atoms with E-state index < -0.39 is 5.91 Å². The molecule has 0 aliphatic rings. The first-order valence-corrected chi connectivity index (χ1v) is 8.98. The van der Waals surface area contributed by atoms with Crippen molar-refractivity contribution in [2.24, 2.45) is 5.73 Å². The maximum Gasteiger partial charge on any atom is 0.284 e. The summed E-state index contributed by atoms with van der Waals surface area (Å²) in [6.07, 6.45) is 1.18. The number of benzene rings is 2. The smallest absolute Gasteiger partial charge is 0.284 e. The minimum absolute atomic E-state index is 0.0936. The van der Waals surface area contributed by atoms with Crippen LogP contribution in [0.2, 0.25) is 5.02 Å². The molecule has 29 heavy (non-hydrogen) atoms. The number of furan rings is 1. The minimum Gasteiger partial charge on any atom is -0.458 e. The second kappa shape index (κ2) is 8.36. The summed E-state index contributed by atoms with van der Waals surface area (Å²) in [4.78, 5) is 25.2. The molecule has 150 valence electrons. The molecule has 0 saturated carbocycles. The highest BCUT2D eigenvalue weighted by molar-refractivity contribution is 6.30. The van der Waals surface area contributed by atoms with Crippen molar-refractivity contribution in [3.05, 3.63) is 82.0 Å². The Bertz CT molecular complexity index is 1080. The number of carbonyl (C=O) groups excluding carboxylic acids is 2. The normalized spacial score (nSPS) is 10.6. The molecule has 0 fully saturated rings. The number of halogens is 2. The zero-order chi connectivity index (χ0) is 21.1. The Hall–Kier alpha value is -3.32. The number of amides is 2. The van der Waals surface area contributed by atoms with Crippen LogP contribution in [0.5, 0.6) is 11.5 Å². The summed E-state index contributed by atoms with van der Waals surface area (Å²) < 4.78 is 24.4. The molecule has 2 N–H and O–H groups in total.